The summed E-state index contributed by atoms with van der Waals surface area (Å²) in [6.45, 7) is -3.54. The first-order chi connectivity index (χ1) is 17.9. The fourth-order valence-corrected chi connectivity index (χ4v) is 4.09. The topological polar surface area (TPSA) is 52.6 Å². The van der Waals surface area contributed by atoms with Crippen LogP contribution in [0, 0.1) is 6.92 Å². The number of hydrogen-bond donors (Lipinski definition) is 1. The van der Waals surface area contributed by atoms with E-state index in [1.807, 2.05) is 19.1 Å². The number of aryl methyl sites for hydroxylation is 1. The van der Waals surface area contributed by atoms with Gasteiger partial charge in [0.05, 0.1) is 0 Å². The molecular formula is C27H29N3O2. The third-order valence-corrected chi connectivity index (χ3v) is 5.78. The molecule has 0 aromatic heterocycles. The highest BCUT2D eigenvalue weighted by Crippen LogP contribution is 2.36. The Bertz CT molecular complexity index is 1310. The zero-order valence-corrected chi connectivity index (χ0v) is 17.8. The van der Waals surface area contributed by atoms with Crippen molar-refractivity contribution in [1.82, 2.24) is 4.90 Å². The predicted octanol–water partition coefficient (Wildman–Crippen LogP) is 5.29. The summed E-state index contributed by atoms with van der Waals surface area (Å²) in [6, 6.07) is 19.7. The molecule has 32 heavy (non-hydrogen) atoms. The molecule has 1 heterocycles. The molecule has 2 amide bonds. The molecule has 1 unspecified atom stereocenters. The summed E-state index contributed by atoms with van der Waals surface area (Å²) in [5.41, 5.74) is 3.30. The molecule has 0 saturated heterocycles. The van der Waals surface area contributed by atoms with Crippen LogP contribution in [-0.4, -0.2) is 37.2 Å². The van der Waals surface area contributed by atoms with Crippen LogP contribution in [0.5, 0.6) is 0 Å². The van der Waals surface area contributed by atoms with E-state index in [0.717, 1.165) is 5.56 Å². The van der Waals surface area contributed by atoms with Gasteiger partial charge in [0.1, 0.15) is 0 Å². The molecular weight excluding hydrogens is 398 g/mol. The number of carbonyl (C=O) groups excluding carboxylic acids is 2. The fourth-order valence-electron chi connectivity index (χ4n) is 4.09. The lowest BCUT2D eigenvalue weighted by Crippen LogP contribution is -2.31. The van der Waals surface area contributed by atoms with Gasteiger partial charge in [-0.1, -0.05) is 36.4 Å². The quantitative estimate of drug-likeness (QED) is 0.608. The average molecular weight is 434 g/mol. The van der Waals surface area contributed by atoms with Gasteiger partial charge in [-0.25, -0.2) is 0 Å². The van der Waals surface area contributed by atoms with Crippen molar-refractivity contribution in [3.8, 4) is 0 Å². The second-order valence-electron chi connectivity index (χ2n) is 7.89. The molecule has 0 spiro atoms. The lowest BCUT2D eigenvalue weighted by atomic mass is 10.0. The number of nitrogens with zero attached hydrogens (tertiary/aromatic N) is 2. The molecule has 0 aliphatic carbocycles. The Balaban J connectivity index is 1.60. The Labute approximate surface area is 198 Å². The minimum atomic E-state index is -2.85. The lowest BCUT2D eigenvalue weighted by Gasteiger charge is -2.27. The first kappa shape index (κ1) is 15.4. The van der Waals surface area contributed by atoms with Crippen LogP contribution >= 0.6 is 0 Å². The molecule has 1 N–H and O–H groups in total. The molecule has 0 bridgehead atoms. The summed E-state index contributed by atoms with van der Waals surface area (Å²) in [6.07, 6.45) is 0.680. The minimum Gasteiger partial charge on any atom is -0.322 e. The monoisotopic (exact) mass is 433 g/mol. The van der Waals surface area contributed by atoms with Crippen molar-refractivity contribution in [1.29, 1.82) is 0 Å². The van der Waals surface area contributed by atoms with E-state index >= 15 is 0 Å². The molecule has 1 aliphatic heterocycles. The van der Waals surface area contributed by atoms with Gasteiger partial charge >= 0.3 is 0 Å². The van der Waals surface area contributed by atoms with Crippen molar-refractivity contribution in [2.45, 2.75) is 25.8 Å². The highest BCUT2D eigenvalue weighted by atomic mass is 16.2. The van der Waals surface area contributed by atoms with Gasteiger partial charge in [0, 0.05) is 43.3 Å². The molecule has 0 fully saturated rings. The maximum atomic E-state index is 13.6. The van der Waals surface area contributed by atoms with Gasteiger partial charge in [0.15, 0.2) is 0 Å². The SMILES string of the molecule is [2H]C([2H])([2H])N(C1CCCN(C(=O)c2ccc(NC(=O)c3ccccc3C)cc2)c2ccccc21)C([2H])([2H])[2H]. The number of amides is 2. The Kier molecular flexibility index (Phi) is 4.50. The maximum absolute atomic E-state index is 13.6. The molecule has 0 radical (unpaired) electrons. The second kappa shape index (κ2) is 9.37. The van der Waals surface area contributed by atoms with Crippen LogP contribution in [0.1, 0.15) is 59.0 Å². The van der Waals surface area contributed by atoms with E-state index in [1.165, 1.54) is 0 Å². The highest BCUT2D eigenvalue weighted by Gasteiger charge is 2.27. The average Bonchev–Trinajstić information content (AvgIpc) is 3.02. The van der Waals surface area contributed by atoms with Crippen LogP contribution in [0.15, 0.2) is 72.8 Å². The first-order valence-electron chi connectivity index (χ1n) is 13.6. The van der Waals surface area contributed by atoms with E-state index in [9.17, 15) is 9.59 Å². The van der Waals surface area contributed by atoms with E-state index < -0.39 is 20.0 Å². The van der Waals surface area contributed by atoms with E-state index in [4.69, 9.17) is 8.22 Å². The van der Waals surface area contributed by atoms with Gasteiger partial charge in [-0.3, -0.25) is 9.59 Å². The standard InChI is InChI=1S/C27H29N3O2/c1-19-9-4-5-10-22(19)26(31)28-21-16-14-20(15-17-21)27(32)30-18-8-13-24(29(2)3)23-11-6-7-12-25(23)30/h4-7,9-12,14-17,24H,8,13,18H2,1-3H3,(H,28,31)/i2D3,3D3. The molecule has 0 saturated carbocycles. The number of benzene rings is 3. The van der Waals surface area contributed by atoms with Crippen LogP contribution in [0.2, 0.25) is 0 Å². The van der Waals surface area contributed by atoms with E-state index in [0.29, 0.717) is 45.9 Å². The van der Waals surface area contributed by atoms with E-state index in [2.05, 4.69) is 5.32 Å². The lowest BCUT2D eigenvalue weighted by molar-refractivity contribution is 0.0985. The third kappa shape index (κ3) is 4.43. The summed E-state index contributed by atoms with van der Waals surface area (Å²) in [5, 5.41) is 2.84. The Morgan fingerprint density at radius 2 is 1.72 bits per heavy atom. The summed E-state index contributed by atoms with van der Waals surface area (Å²) in [4.78, 5) is 28.4. The van der Waals surface area contributed by atoms with Gasteiger partial charge in [0.25, 0.3) is 11.8 Å². The van der Waals surface area contributed by atoms with Gasteiger partial charge in [-0.2, -0.15) is 0 Å². The smallest absolute Gasteiger partial charge is 0.258 e. The number of fused-ring (bicyclic) bond motifs is 1. The summed E-state index contributed by atoms with van der Waals surface area (Å²) in [5.74, 6) is -0.549. The third-order valence-electron chi connectivity index (χ3n) is 5.78. The summed E-state index contributed by atoms with van der Waals surface area (Å²) < 4.78 is 47.3. The largest absolute Gasteiger partial charge is 0.322 e. The number of nitrogens with one attached hydrogen (secondary N) is 1. The zero-order chi connectivity index (χ0) is 27.7. The van der Waals surface area contributed by atoms with E-state index in [1.54, 1.807) is 65.6 Å². The van der Waals surface area contributed by atoms with Crippen LogP contribution in [-0.2, 0) is 0 Å². The highest BCUT2D eigenvalue weighted by molar-refractivity contribution is 6.08. The number of hydrogen-bond acceptors (Lipinski definition) is 3. The summed E-state index contributed by atoms with van der Waals surface area (Å²) in [7, 11) is 0. The molecule has 3 aromatic rings. The number of para-hydroxylation sites is 1. The van der Waals surface area contributed by atoms with E-state index in [-0.39, 0.29) is 18.2 Å². The molecule has 5 nitrogen and oxygen atoms in total. The maximum Gasteiger partial charge on any atom is 0.258 e. The Hall–Kier alpha value is -3.44. The van der Waals surface area contributed by atoms with Crippen LogP contribution in [0.25, 0.3) is 0 Å². The van der Waals surface area contributed by atoms with Gasteiger partial charge in [-0.15, -0.1) is 0 Å². The fraction of sp³-hybridized carbons (Fsp3) is 0.259. The Morgan fingerprint density at radius 3 is 2.47 bits per heavy atom. The van der Waals surface area contributed by atoms with Crippen LogP contribution in [0.4, 0.5) is 11.4 Å². The normalized spacial score (nSPS) is 19.3. The van der Waals surface area contributed by atoms with Crippen LogP contribution < -0.4 is 10.2 Å². The van der Waals surface area contributed by atoms with Gasteiger partial charge < -0.3 is 15.1 Å². The molecule has 1 aliphatic rings. The number of anilines is 2. The number of carbonyl (C=O) groups is 2. The van der Waals surface area contributed by atoms with Crippen molar-refractivity contribution < 1.29 is 17.8 Å². The van der Waals surface area contributed by atoms with Crippen molar-refractivity contribution in [2.24, 2.45) is 0 Å². The molecule has 3 aromatic carbocycles. The first-order valence-corrected chi connectivity index (χ1v) is 10.6. The Morgan fingerprint density at radius 1 is 1.00 bits per heavy atom. The van der Waals surface area contributed by atoms with Gasteiger partial charge in [-0.05, 0) is 81.2 Å². The van der Waals surface area contributed by atoms with Gasteiger partial charge in [0.2, 0.25) is 0 Å². The van der Waals surface area contributed by atoms with Crippen molar-refractivity contribution in [3.05, 3.63) is 95.1 Å². The second-order valence-corrected chi connectivity index (χ2v) is 7.89. The molecule has 164 valence electrons. The van der Waals surface area contributed by atoms with Crippen molar-refractivity contribution in [2.75, 3.05) is 30.7 Å². The van der Waals surface area contributed by atoms with Crippen molar-refractivity contribution >= 4 is 23.2 Å². The predicted molar refractivity (Wildman–Crippen MR) is 129 cm³/mol. The molecule has 4 rings (SSSR count). The minimum absolute atomic E-state index is 0.247. The van der Waals surface area contributed by atoms with Crippen molar-refractivity contribution in [3.63, 3.8) is 0 Å². The molecule has 1 atom stereocenters. The van der Waals surface area contributed by atoms with Crippen LogP contribution in [0.3, 0.4) is 0 Å². The molecule has 5 heteroatoms. The zero-order valence-electron chi connectivity index (χ0n) is 23.8. The summed E-state index contributed by atoms with van der Waals surface area (Å²) >= 11 is 0. The number of rotatable bonds is 4.